The fourth-order valence-electron chi connectivity index (χ4n) is 3.52. The van der Waals surface area contributed by atoms with Crippen LogP contribution in [0.2, 0.25) is 0 Å². The third-order valence-corrected chi connectivity index (χ3v) is 4.97. The van der Waals surface area contributed by atoms with Crippen LogP contribution in [-0.2, 0) is 5.41 Å². The number of rotatable bonds is 2. The lowest BCUT2D eigenvalue weighted by atomic mass is 9.79. The number of nitrogens with zero attached hydrogens (tertiary/aromatic N) is 1. The van der Waals surface area contributed by atoms with Gasteiger partial charge in [-0.2, -0.15) is 0 Å². The van der Waals surface area contributed by atoms with Gasteiger partial charge in [0.1, 0.15) is 0 Å². The summed E-state index contributed by atoms with van der Waals surface area (Å²) in [5, 5.41) is 21.4. The number of hydrogen-bond donors (Lipinski definition) is 2. The highest BCUT2D eigenvalue weighted by Gasteiger charge is 2.19. The Kier molecular flexibility index (Phi) is 3.90. The molecule has 26 heavy (non-hydrogen) atoms. The SMILES string of the molecule is CC(C)(C)c1ccc2c(c1)c1cc(B(O)O)ccc1n2-c1ccccc1. The van der Waals surface area contributed by atoms with Gasteiger partial charge in [-0.15, -0.1) is 0 Å². The second-order valence-electron chi connectivity index (χ2n) is 7.80. The Morgan fingerprint density at radius 2 is 1.38 bits per heavy atom. The summed E-state index contributed by atoms with van der Waals surface area (Å²) in [6.07, 6.45) is 0. The van der Waals surface area contributed by atoms with Crippen LogP contribution in [0.5, 0.6) is 0 Å². The molecule has 0 aliphatic rings. The first-order chi connectivity index (χ1) is 12.4. The Hall–Kier alpha value is -2.56. The quantitative estimate of drug-likeness (QED) is 0.545. The van der Waals surface area contributed by atoms with Crippen LogP contribution in [0.1, 0.15) is 26.3 Å². The number of para-hydroxylation sites is 1. The monoisotopic (exact) mass is 343 g/mol. The molecule has 0 unspecified atom stereocenters. The van der Waals surface area contributed by atoms with E-state index in [1.165, 1.54) is 5.56 Å². The average molecular weight is 343 g/mol. The molecule has 4 aromatic rings. The zero-order valence-corrected chi connectivity index (χ0v) is 15.3. The van der Waals surface area contributed by atoms with E-state index in [9.17, 15) is 10.0 Å². The summed E-state index contributed by atoms with van der Waals surface area (Å²) in [6.45, 7) is 6.61. The molecule has 0 aliphatic heterocycles. The minimum Gasteiger partial charge on any atom is -0.423 e. The molecule has 0 saturated carbocycles. The predicted molar refractivity (Wildman–Crippen MR) is 109 cm³/mol. The average Bonchev–Trinajstić information content (AvgIpc) is 2.94. The maximum Gasteiger partial charge on any atom is 0.488 e. The zero-order chi connectivity index (χ0) is 18.5. The predicted octanol–water partition coefficient (Wildman–Crippen LogP) is 3.76. The van der Waals surface area contributed by atoms with Crippen LogP contribution in [0.15, 0.2) is 66.7 Å². The number of hydrogen-bond acceptors (Lipinski definition) is 2. The third-order valence-electron chi connectivity index (χ3n) is 4.97. The molecule has 0 aliphatic carbocycles. The lowest BCUT2D eigenvalue weighted by molar-refractivity contribution is 0.426. The van der Waals surface area contributed by atoms with Crippen LogP contribution in [0.25, 0.3) is 27.5 Å². The van der Waals surface area contributed by atoms with Crippen LogP contribution in [0.4, 0.5) is 0 Å². The van der Waals surface area contributed by atoms with Crippen LogP contribution in [-0.4, -0.2) is 21.7 Å². The van der Waals surface area contributed by atoms with Crippen molar-refractivity contribution < 1.29 is 10.0 Å². The van der Waals surface area contributed by atoms with Gasteiger partial charge in [0.05, 0.1) is 11.0 Å². The molecule has 4 heteroatoms. The summed E-state index contributed by atoms with van der Waals surface area (Å²) < 4.78 is 2.23. The van der Waals surface area contributed by atoms with Crippen molar-refractivity contribution in [2.75, 3.05) is 0 Å². The summed E-state index contributed by atoms with van der Waals surface area (Å²) in [5.74, 6) is 0. The van der Waals surface area contributed by atoms with E-state index in [-0.39, 0.29) is 5.41 Å². The molecule has 3 nitrogen and oxygen atoms in total. The molecule has 0 fully saturated rings. The van der Waals surface area contributed by atoms with Gasteiger partial charge in [-0.1, -0.05) is 57.2 Å². The fourth-order valence-corrected chi connectivity index (χ4v) is 3.52. The minimum atomic E-state index is -1.47. The summed E-state index contributed by atoms with van der Waals surface area (Å²) in [6, 6.07) is 22.4. The van der Waals surface area contributed by atoms with E-state index in [4.69, 9.17) is 0 Å². The molecule has 0 saturated heterocycles. The van der Waals surface area contributed by atoms with Crippen molar-refractivity contribution in [2.45, 2.75) is 26.2 Å². The van der Waals surface area contributed by atoms with E-state index >= 15 is 0 Å². The first-order valence-electron chi connectivity index (χ1n) is 8.86. The van der Waals surface area contributed by atoms with Gasteiger partial charge >= 0.3 is 7.12 Å². The van der Waals surface area contributed by atoms with Crippen LogP contribution < -0.4 is 5.46 Å². The maximum absolute atomic E-state index is 9.61. The molecular weight excluding hydrogens is 321 g/mol. The first-order valence-corrected chi connectivity index (χ1v) is 8.86. The largest absolute Gasteiger partial charge is 0.488 e. The molecule has 2 N–H and O–H groups in total. The van der Waals surface area contributed by atoms with Crippen molar-refractivity contribution in [1.82, 2.24) is 4.57 Å². The van der Waals surface area contributed by atoms with Crippen LogP contribution in [0.3, 0.4) is 0 Å². The van der Waals surface area contributed by atoms with E-state index < -0.39 is 7.12 Å². The highest BCUT2D eigenvalue weighted by molar-refractivity contribution is 6.59. The molecule has 4 rings (SSSR count). The van der Waals surface area contributed by atoms with Crippen molar-refractivity contribution in [2.24, 2.45) is 0 Å². The van der Waals surface area contributed by atoms with Gasteiger partial charge in [0.2, 0.25) is 0 Å². The molecule has 0 radical (unpaired) electrons. The molecule has 0 atom stereocenters. The molecule has 3 aromatic carbocycles. The van der Waals surface area contributed by atoms with Crippen molar-refractivity contribution in [3.05, 3.63) is 72.3 Å². The smallest absolute Gasteiger partial charge is 0.423 e. The Labute approximate surface area is 153 Å². The zero-order valence-electron chi connectivity index (χ0n) is 15.3. The van der Waals surface area contributed by atoms with E-state index in [1.54, 1.807) is 6.07 Å². The molecule has 0 bridgehead atoms. The second kappa shape index (κ2) is 6.01. The third kappa shape index (κ3) is 2.72. The highest BCUT2D eigenvalue weighted by atomic mass is 16.4. The van der Waals surface area contributed by atoms with Gasteiger partial charge in [0.25, 0.3) is 0 Å². The van der Waals surface area contributed by atoms with Gasteiger partial charge < -0.3 is 14.6 Å². The van der Waals surface area contributed by atoms with Gasteiger partial charge in [-0.05, 0) is 46.8 Å². The minimum absolute atomic E-state index is 0.0451. The first kappa shape index (κ1) is 16.9. The summed E-state index contributed by atoms with van der Waals surface area (Å²) >= 11 is 0. The summed E-state index contributed by atoms with van der Waals surface area (Å²) in [5.41, 5.74) is 5.07. The summed E-state index contributed by atoms with van der Waals surface area (Å²) in [4.78, 5) is 0. The van der Waals surface area contributed by atoms with Gasteiger partial charge in [0, 0.05) is 16.5 Å². The standard InChI is InChI=1S/C22H22BNO2/c1-22(2,3)15-9-11-20-18(13-15)19-14-16(23(25)26)10-12-21(19)24(20)17-7-5-4-6-8-17/h4-14,25-26H,1-3H3. The van der Waals surface area contributed by atoms with Crippen molar-refractivity contribution >= 4 is 34.4 Å². The highest BCUT2D eigenvalue weighted by Crippen LogP contribution is 2.34. The van der Waals surface area contributed by atoms with E-state index in [2.05, 4.69) is 55.7 Å². The van der Waals surface area contributed by atoms with Crippen LogP contribution >= 0.6 is 0 Å². The Balaban J connectivity index is 2.12. The molecule has 0 spiro atoms. The van der Waals surface area contributed by atoms with E-state index in [0.29, 0.717) is 5.46 Å². The molecule has 1 aromatic heterocycles. The molecular formula is C22H22BNO2. The normalized spacial score (nSPS) is 12.0. The number of fused-ring (bicyclic) bond motifs is 3. The van der Waals surface area contributed by atoms with E-state index in [1.807, 2.05) is 30.3 Å². The Morgan fingerprint density at radius 1 is 0.769 bits per heavy atom. The number of benzene rings is 3. The van der Waals surface area contributed by atoms with E-state index in [0.717, 1.165) is 27.5 Å². The van der Waals surface area contributed by atoms with Crippen molar-refractivity contribution in [1.29, 1.82) is 0 Å². The summed E-state index contributed by atoms with van der Waals surface area (Å²) in [7, 11) is -1.47. The Morgan fingerprint density at radius 3 is 2.00 bits per heavy atom. The molecule has 130 valence electrons. The topological polar surface area (TPSA) is 45.4 Å². The molecule has 0 amide bonds. The van der Waals surface area contributed by atoms with Gasteiger partial charge in [-0.3, -0.25) is 0 Å². The Bertz CT molecular complexity index is 1090. The van der Waals surface area contributed by atoms with Gasteiger partial charge in [-0.25, -0.2) is 0 Å². The van der Waals surface area contributed by atoms with Crippen LogP contribution in [0, 0.1) is 0 Å². The lowest BCUT2D eigenvalue weighted by Gasteiger charge is -2.19. The lowest BCUT2D eigenvalue weighted by Crippen LogP contribution is -2.29. The van der Waals surface area contributed by atoms with Gasteiger partial charge in [0.15, 0.2) is 0 Å². The number of aromatic nitrogens is 1. The fraction of sp³-hybridized carbons (Fsp3) is 0.182. The maximum atomic E-state index is 9.61. The molecule has 1 heterocycles. The second-order valence-corrected chi connectivity index (χ2v) is 7.80. The van der Waals surface area contributed by atoms with Crippen molar-refractivity contribution in [3.8, 4) is 5.69 Å². The van der Waals surface area contributed by atoms with Crippen molar-refractivity contribution in [3.63, 3.8) is 0 Å².